The highest BCUT2D eigenvalue weighted by atomic mass is 16.4. The second-order valence-electron chi connectivity index (χ2n) is 5.15. The lowest BCUT2D eigenvalue weighted by Gasteiger charge is -2.12. The standard InChI is InChI=1S/C15H19NO3/c1-2-15(7-8-15)14(19)16-9-6-11-4-3-5-12(10-11)13(17)18/h3-5,10H,2,6-9H2,1H3,(H,16,19)(H,17,18). The number of carboxylic acids is 1. The van der Waals surface area contributed by atoms with E-state index in [1.54, 1.807) is 18.2 Å². The molecule has 0 saturated heterocycles. The fraction of sp³-hybridized carbons (Fsp3) is 0.467. The number of carbonyl (C=O) groups is 2. The third-order valence-corrected chi connectivity index (χ3v) is 3.89. The van der Waals surface area contributed by atoms with E-state index in [4.69, 9.17) is 5.11 Å². The molecule has 1 aromatic rings. The van der Waals surface area contributed by atoms with Crippen molar-refractivity contribution < 1.29 is 14.7 Å². The largest absolute Gasteiger partial charge is 0.478 e. The number of rotatable bonds is 6. The van der Waals surface area contributed by atoms with Crippen molar-refractivity contribution in [3.63, 3.8) is 0 Å². The molecule has 0 aromatic heterocycles. The first-order valence-corrected chi connectivity index (χ1v) is 6.68. The Labute approximate surface area is 112 Å². The summed E-state index contributed by atoms with van der Waals surface area (Å²) in [6.45, 7) is 2.60. The zero-order valence-electron chi connectivity index (χ0n) is 11.1. The van der Waals surface area contributed by atoms with Crippen LogP contribution in [0.2, 0.25) is 0 Å². The molecule has 2 rings (SSSR count). The molecule has 1 aliphatic rings. The lowest BCUT2D eigenvalue weighted by Crippen LogP contribution is -2.33. The molecule has 1 fully saturated rings. The van der Waals surface area contributed by atoms with Crippen molar-refractivity contribution in [1.29, 1.82) is 0 Å². The summed E-state index contributed by atoms with van der Waals surface area (Å²) < 4.78 is 0. The quantitative estimate of drug-likeness (QED) is 0.825. The Morgan fingerprint density at radius 3 is 2.68 bits per heavy atom. The fourth-order valence-corrected chi connectivity index (χ4v) is 2.26. The smallest absolute Gasteiger partial charge is 0.335 e. The molecule has 0 atom stereocenters. The molecule has 0 unspecified atom stereocenters. The topological polar surface area (TPSA) is 66.4 Å². The molecule has 19 heavy (non-hydrogen) atoms. The van der Waals surface area contributed by atoms with E-state index in [0.29, 0.717) is 13.0 Å². The number of amides is 1. The Kier molecular flexibility index (Phi) is 3.88. The van der Waals surface area contributed by atoms with Crippen LogP contribution in [-0.2, 0) is 11.2 Å². The zero-order chi connectivity index (χ0) is 13.9. The highest BCUT2D eigenvalue weighted by Crippen LogP contribution is 2.48. The molecule has 1 saturated carbocycles. The molecule has 1 aliphatic carbocycles. The Balaban J connectivity index is 1.84. The number of carbonyl (C=O) groups excluding carboxylic acids is 1. The molecule has 1 aromatic carbocycles. The van der Waals surface area contributed by atoms with Crippen molar-refractivity contribution in [2.24, 2.45) is 5.41 Å². The molecular weight excluding hydrogens is 242 g/mol. The van der Waals surface area contributed by atoms with Crippen LogP contribution in [0.4, 0.5) is 0 Å². The Morgan fingerprint density at radius 1 is 1.37 bits per heavy atom. The van der Waals surface area contributed by atoms with Crippen LogP contribution in [0.3, 0.4) is 0 Å². The number of hydrogen-bond acceptors (Lipinski definition) is 2. The fourth-order valence-electron chi connectivity index (χ4n) is 2.26. The molecule has 1 amide bonds. The summed E-state index contributed by atoms with van der Waals surface area (Å²) in [5, 5.41) is 11.8. The average molecular weight is 261 g/mol. The van der Waals surface area contributed by atoms with E-state index < -0.39 is 5.97 Å². The van der Waals surface area contributed by atoms with Gasteiger partial charge >= 0.3 is 5.97 Å². The minimum atomic E-state index is -0.922. The summed E-state index contributed by atoms with van der Waals surface area (Å²) in [4.78, 5) is 22.8. The van der Waals surface area contributed by atoms with Gasteiger partial charge in [0.25, 0.3) is 0 Å². The summed E-state index contributed by atoms with van der Waals surface area (Å²) >= 11 is 0. The van der Waals surface area contributed by atoms with E-state index in [2.05, 4.69) is 5.32 Å². The summed E-state index contributed by atoms with van der Waals surface area (Å²) in [7, 11) is 0. The van der Waals surface area contributed by atoms with E-state index >= 15 is 0 Å². The van der Waals surface area contributed by atoms with Gasteiger partial charge in [-0.15, -0.1) is 0 Å². The third kappa shape index (κ3) is 3.13. The van der Waals surface area contributed by atoms with Gasteiger partial charge in [0.15, 0.2) is 0 Å². The minimum Gasteiger partial charge on any atom is -0.478 e. The number of aromatic carboxylic acids is 1. The molecular formula is C15H19NO3. The molecule has 4 nitrogen and oxygen atoms in total. The van der Waals surface area contributed by atoms with Crippen LogP contribution < -0.4 is 5.32 Å². The number of nitrogens with one attached hydrogen (secondary N) is 1. The van der Waals surface area contributed by atoms with Crippen molar-refractivity contribution in [3.05, 3.63) is 35.4 Å². The zero-order valence-corrected chi connectivity index (χ0v) is 11.1. The van der Waals surface area contributed by atoms with Crippen molar-refractivity contribution in [2.75, 3.05) is 6.54 Å². The summed E-state index contributed by atoms with van der Waals surface area (Å²) in [6, 6.07) is 6.84. The van der Waals surface area contributed by atoms with Crippen LogP contribution in [0.1, 0.15) is 42.1 Å². The van der Waals surface area contributed by atoms with Crippen LogP contribution in [-0.4, -0.2) is 23.5 Å². The number of hydrogen-bond donors (Lipinski definition) is 2. The van der Waals surface area contributed by atoms with E-state index in [1.807, 2.05) is 13.0 Å². The van der Waals surface area contributed by atoms with Gasteiger partial charge in [0.1, 0.15) is 0 Å². The van der Waals surface area contributed by atoms with E-state index in [1.165, 1.54) is 0 Å². The predicted octanol–water partition coefficient (Wildman–Crippen LogP) is 2.23. The normalized spacial score (nSPS) is 15.8. The molecule has 102 valence electrons. The Morgan fingerprint density at radius 2 is 2.11 bits per heavy atom. The van der Waals surface area contributed by atoms with Gasteiger partial charge < -0.3 is 10.4 Å². The molecule has 2 N–H and O–H groups in total. The van der Waals surface area contributed by atoms with Gasteiger partial charge in [0.05, 0.1) is 5.56 Å². The first-order valence-electron chi connectivity index (χ1n) is 6.68. The van der Waals surface area contributed by atoms with Gasteiger partial charge in [-0.05, 0) is 43.4 Å². The first-order chi connectivity index (χ1) is 9.07. The van der Waals surface area contributed by atoms with Gasteiger partial charge in [0.2, 0.25) is 5.91 Å². The highest BCUT2D eigenvalue weighted by Gasteiger charge is 2.47. The van der Waals surface area contributed by atoms with Crippen LogP contribution in [0.25, 0.3) is 0 Å². The predicted molar refractivity (Wildman–Crippen MR) is 72.1 cm³/mol. The maximum atomic E-state index is 11.9. The Hall–Kier alpha value is -1.84. The van der Waals surface area contributed by atoms with E-state index in [-0.39, 0.29) is 16.9 Å². The summed E-state index contributed by atoms with van der Waals surface area (Å²) in [5.41, 5.74) is 1.11. The van der Waals surface area contributed by atoms with E-state index in [9.17, 15) is 9.59 Å². The van der Waals surface area contributed by atoms with Crippen molar-refractivity contribution >= 4 is 11.9 Å². The van der Waals surface area contributed by atoms with Gasteiger partial charge in [-0.25, -0.2) is 4.79 Å². The molecule has 0 bridgehead atoms. The summed E-state index contributed by atoms with van der Waals surface area (Å²) in [5.74, 6) is -0.779. The maximum Gasteiger partial charge on any atom is 0.335 e. The van der Waals surface area contributed by atoms with Gasteiger partial charge in [-0.3, -0.25) is 4.79 Å². The highest BCUT2D eigenvalue weighted by molar-refractivity contribution is 5.87. The van der Waals surface area contributed by atoms with Crippen molar-refractivity contribution in [1.82, 2.24) is 5.32 Å². The third-order valence-electron chi connectivity index (χ3n) is 3.89. The van der Waals surface area contributed by atoms with Gasteiger partial charge in [0, 0.05) is 12.0 Å². The van der Waals surface area contributed by atoms with Gasteiger partial charge in [-0.2, -0.15) is 0 Å². The second kappa shape index (κ2) is 5.43. The van der Waals surface area contributed by atoms with Gasteiger partial charge in [-0.1, -0.05) is 19.1 Å². The maximum absolute atomic E-state index is 11.9. The van der Waals surface area contributed by atoms with Crippen molar-refractivity contribution in [3.8, 4) is 0 Å². The Bertz CT molecular complexity index is 492. The lowest BCUT2D eigenvalue weighted by molar-refractivity contribution is -0.126. The van der Waals surface area contributed by atoms with Crippen LogP contribution in [0, 0.1) is 5.41 Å². The molecule has 0 radical (unpaired) electrons. The SMILES string of the molecule is CCC1(C(=O)NCCc2cccc(C(=O)O)c2)CC1. The second-order valence-corrected chi connectivity index (χ2v) is 5.15. The average Bonchev–Trinajstić information content (AvgIpc) is 3.20. The van der Waals surface area contributed by atoms with Crippen molar-refractivity contribution in [2.45, 2.75) is 32.6 Å². The molecule has 4 heteroatoms. The lowest BCUT2D eigenvalue weighted by atomic mass is 10.0. The number of benzene rings is 1. The van der Waals surface area contributed by atoms with Crippen LogP contribution in [0.15, 0.2) is 24.3 Å². The first kappa shape index (κ1) is 13.6. The monoisotopic (exact) mass is 261 g/mol. The van der Waals surface area contributed by atoms with Crippen LogP contribution >= 0.6 is 0 Å². The molecule has 0 spiro atoms. The minimum absolute atomic E-state index is 0.108. The summed E-state index contributed by atoms with van der Waals surface area (Å²) in [6.07, 6.45) is 3.54. The van der Waals surface area contributed by atoms with E-state index in [0.717, 1.165) is 24.8 Å². The van der Waals surface area contributed by atoms with Crippen LogP contribution in [0.5, 0.6) is 0 Å². The molecule has 0 aliphatic heterocycles. The number of carboxylic acid groups (broad SMARTS) is 1. The molecule has 0 heterocycles.